The molecule has 0 radical (unpaired) electrons. The topological polar surface area (TPSA) is 20.2 Å². The first kappa shape index (κ1) is 12.0. The van der Waals surface area contributed by atoms with Crippen LogP contribution in [0.3, 0.4) is 0 Å². The van der Waals surface area contributed by atoms with E-state index in [-0.39, 0.29) is 6.61 Å². The van der Waals surface area contributed by atoms with E-state index >= 15 is 0 Å². The van der Waals surface area contributed by atoms with Crippen molar-refractivity contribution in [2.75, 3.05) is 6.61 Å². The van der Waals surface area contributed by atoms with Crippen LogP contribution in [0.4, 0.5) is 0 Å². The summed E-state index contributed by atoms with van der Waals surface area (Å²) in [4.78, 5) is 0. The maximum atomic E-state index is 9.12. The number of aliphatic hydroxyl groups is 1. The normalized spacial score (nSPS) is 12.5. The Morgan fingerprint density at radius 1 is 1.33 bits per heavy atom. The minimum absolute atomic E-state index is 0.251. The van der Waals surface area contributed by atoms with Gasteiger partial charge < -0.3 is 5.11 Å². The minimum Gasteiger partial charge on any atom is -0.396 e. The number of rotatable bonds is 5. The van der Waals surface area contributed by atoms with Crippen molar-refractivity contribution in [1.29, 1.82) is 0 Å². The van der Waals surface area contributed by atoms with Gasteiger partial charge in [0.15, 0.2) is 0 Å². The van der Waals surface area contributed by atoms with Gasteiger partial charge in [-0.2, -0.15) is 0 Å². The third kappa shape index (κ3) is 3.52. The molecule has 0 saturated carbocycles. The highest BCUT2D eigenvalue weighted by atomic mass is 16.3. The molecule has 0 aromatic heterocycles. The second-order valence-electron chi connectivity index (χ2n) is 4.13. The first-order valence-corrected chi connectivity index (χ1v) is 5.53. The Morgan fingerprint density at radius 3 is 2.40 bits per heavy atom. The predicted octanol–water partition coefficient (Wildman–Crippen LogP) is 3.42. The Hall–Kier alpha value is -1.08. The molecule has 1 aromatic rings. The van der Waals surface area contributed by atoms with Crippen LogP contribution >= 0.6 is 0 Å². The van der Waals surface area contributed by atoms with Gasteiger partial charge in [0.1, 0.15) is 0 Å². The highest BCUT2D eigenvalue weighted by Crippen LogP contribution is 2.22. The molecule has 0 spiro atoms. The van der Waals surface area contributed by atoms with Gasteiger partial charge in [0, 0.05) is 6.61 Å². The average molecular weight is 204 g/mol. The summed E-state index contributed by atoms with van der Waals surface area (Å²) in [5, 5.41) is 9.12. The van der Waals surface area contributed by atoms with Gasteiger partial charge in [-0.25, -0.2) is 0 Å². The van der Waals surface area contributed by atoms with Gasteiger partial charge in [0.2, 0.25) is 0 Å². The number of hydrogen-bond acceptors (Lipinski definition) is 1. The van der Waals surface area contributed by atoms with Crippen molar-refractivity contribution in [2.45, 2.75) is 26.7 Å². The highest BCUT2D eigenvalue weighted by Gasteiger charge is 2.07. The van der Waals surface area contributed by atoms with E-state index in [4.69, 9.17) is 5.11 Å². The van der Waals surface area contributed by atoms with Crippen molar-refractivity contribution in [3.8, 4) is 0 Å². The first-order valence-electron chi connectivity index (χ1n) is 5.53. The fraction of sp³-hybridized carbons (Fsp3) is 0.429. The van der Waals surface area contributed by atoms with Crippen molar-refractivity contribution < 1.29 is 5.11 Å². The van der Waals surface area contributed by atoms with Crippen LogP contribution in [-0.4, -0.2) is 11.7 Å². The van der Waals surface area contributed by atoms with Crippen LogP contribution in [0.5, 0.6) is 0 Å². The molecule has 1 unspecified atom stereocenters. The Morgan fingerprint density at radius 2 is 1.93 bits per heavy atom. The largest absolute Gasteiger partial charge is 0.396 e. The van der Waals surface area contributed by atoms with Gasteiger partial charge in [0.25, 0.3) is 0 Å². The average Bonchev–Trinajstić information content (AvgIpc) is 2.26. The molecule has 0 saturated heterocycles. The Kier molecular flexibility index (Phi) is 4.57. The molecular weight excluding hydrogens is 184 g/mol. The molecule has 1 rings (SSSR count). The summed E-state index contributed by atoms with van der Waals surface area (Å²) in [6.45, 7) is 8.51. The molecule has 0 heterocycles. The van der Waals surface area contributed by atoms with E-state index in [1.807, 2.05) is 0 Å². The zero-order valence-corrected chi connectivity index (χ0v) is 9.66. The smallest absolute Gasteiger partial charge is 0.0462 e. The third-order valence-corrected chi connectivity index (χ3v) is 2.83. The molecule has 0 amide bonds. The monoisotopic (exact) mass is 204 g/mol. The van der Waals surface area contributed by atoms with Gasteiger partial charge in [-0.1, -0.05) is 49.8 Å². The van der Waals surface area contributed by atoms with E-state index in [2.05, 4.69) is 44.7 Å². The standard InChI is InChI=1S/C14H20O/c1-4-13(10-15)9-12(3)14-7-5-11(2)6-8-14/h5-8,13,15H,3-4,9-10H2,1-2H3. The number of benzene rings is 1. The van der Waals surface area contributed by atoms with Gasteiger partial charge in [-0.05, 0) is 30.4 Å². The van der Waals surface area contributed by atoms with Crippen molar-refractivity contribution in [1.82, 2.24) is 0 Å². The predicted molar refractivity (Wildman–Crippen MR) is 65.7 cm³/mol. The molecule has 1 N–H and O–H groups in total. The van der Waals surface area contributed by atoms with Crippen LogP contribution in [0.15, 0.2) is 30.8 Å². The van der Waals surface area contributed by atoms with Crippen LogP contribution < -0.4 is 0 Å². The lowest BCUT2D eigenvalue weighted by Gasteiger charge is -2.13. The quantitative estimate of drug-likeness (QED) is 0.779. The van der Waals surface area contributed by atoms with E-state index in [0.29, 0.717) is 5.92 Å². The van der Waals surface area contributed by atoms with Crippen molar-refractivity contribution in [2.24, 2.45) is 5.92 Å². The minimum atomic E-state index is 0.251. The Balaban J connectivity index is 2.64. The van der Waals surface area contributed by atoms with Crippen LogP contribution in [0, 0.1) is 12.8 Å². The van der Waals surface area contributed by atoms with Crippen LogP contribution in [0.25, 0.3) is 5.57 Å². The van der Waals surface area contributed by atoms with Gasteiger partial charge in [-0.15, -0.1) is 0 Å². The molecule has 15 heavy (non-hydrogen) atoms. The van der Waals surface area contributed by atoms with Gasteiger partial charge >= 0.3 is 0 Å². The molecule has 1 atom stereocenters. The van der Waals surface area contributed by atoms with E-state index in [9.17, 15) is 0 Å². The SMILES string of the molecule is C=C(CC(CC)CO)c1ccc(C)cc1. The second-order valence-corrected chi connectivity index (χ2v) is 4.13. The zero-order valence-electron chi connectivity index (χ0n) is 9.66. The molecule has 82 valence electrons. The van der Waals surface area contributed by atoms with Gasteiger partial charge in [-0.3, -0.25) is 0 Å². The summed E-state index contributed by atoms with van der Waals surface area (Å²) < 4.78 is 0. The van der Waals surface area contributed by atoms with Crippen molar-refractivity contribution >= 4 is 5.57 Å². The molecule has 1 heteroatoms. The summed E-state index contributed by atoms with van der Waals surface area (Å²) in [6.07, 6.45) is 1.89. The van der Waals surface area contributed by atoms with E-state index in [1.165, 1.54) is 11.1 Å². The van der Waals surface area contributed by atoms with Crippen LogP contribution in [-0.2, 0) is 0 Å². The fourth-order valence-electron chi connectivity index (χ4n) is 1.59. The summed E-state index contributed by atoms with van der Waals surface area (Å²) in [5.74, 6) is 0.346. The summed E-state index contributed by atoms with van der Waals surface area (Å²) in [5.41, 5.74) is 3.57. The van der Waals surface area contributed by atoms with Crippen LogP contribution in [0.1, 0.15) is 30.9 Å². The number of aryl methyl sites for hydroxylation is 1. The Labute approximate surface area is 92.5 Å². The highest BCUT2D eigenvalue weighted by molar-refractivity contribution is 5.63. The number of hydrogen-bond donors (Lipinski definition) is 1. The first-order chi connectivity index (χ1) is 7.17. The lowest BCUT2D eigenvalue weighted by Crippen LogP contribution is -2.04. The Bertz CT molecular complexity index is 307. The molecule has 0 aliphatic rings. The maximum Gasteiger partial charge on any atom is 0.0462 e. The molecule has 0 aliphatic heterocycles. The molecule has 1 nitrogen and oxygen atoms in total. The van der Waals surface area contributed by atoms with Crippen molar-refractivity contribution in [3.05, 3.63) is 42.0 Å². The fourth-order valence-corrected chi connectivity index (χ4v) is 1.59. The van der Waals surface area contributed by atoms with E-state index < -0.39 is 0 Å². The van der Waals surface area contributed by atoms with E-state index in [1.54, 1.807) is 0 Å². The molecule has 0 aliphatic carbocycles. The molecule has 1 aromatic carbocycles. The summed E-state index contributed by atoms with van der Waals surface area (Å²) >= 11 is 0. The lowest BCUT2D eigenvalue weighted by molar-refractivity contribution is 0.225. The lowest BCUT2D eigenvalue weighted by atomic mass is 9.94. The maximum absolute atomic E-state index is 9.12. The van der Waals surface area contributed by atoms with Gasteiger partial charge in [0.05, 0.1) is 0 Å². The molecule has 0 bridgehead atoms. The van der Waals surface area contributed by atoms with Crippen molar-refractivity contribution in [3.63, 3.8) is 0 Å². The number of aliphatic hydroxyl groups excluding tert-OH is 1. The summed E-state index contributed by atoms with van der Waals surface area (Å²) in [6, 6.07) is 8.39. The third-order valence-electron chi connectivity index (χ3n) is 2.83. The molecule has 0 fully saturated rings. The van der Waals surface area contributed by atoms with Crippen LogP contribution in [0.2, 0.25) is 0 Å². The zero-order chi connectivity index (χ0) is 11.3. The van der Waals surface area contributed by atoms with E-state index in [0.717, 1.165) is 18.4 Å². The number of allylic oxidation sites excluding steroid dienone is 1. The molecular formula is C14H20O. The second kappa shape index (κ2) is 5.72. The summed E-state index contributed by atoms with van der Waals surface area (Å²) in [7, 11) is 0.